The van der Waals surface area contributed by atoms with Gasteiger partial charge >= 0.3 is 12.1 Å². The first-order valence-corrected chi connectivity index (χ1v) is 13.3. The molecule has 2 aliphatic rings. The highest BCUT2D eigenvalue weighted by Crippen LogP contribution is 2.65. The number of piperidine rings is 1. The van der Waals surface area contributed by atoms with Crippen LogP contribution in [0.4, 0.5) is 13.2 Å². The molecule has 1 saturated heterocycles. The van der Waals surface area contributed by atoms with Crippen LogP contribution in [0.1, 0.15) is 44.9 Å². The van der Waals surface area contributed by atoms with Gasteiger partial charge in [-0.25, -0.2) is 0 Å². The van der Waals surface area contributed by atoms with Crippen LogP contribution in [0.3, 0.4) is 0 Å². The summed E-state index contributed by atoms with van der Waals surface area (Å²) in [6, 6.07) is -1.79. The Morgan fingerprint density at radius 2 is 1.98 bits per heavy atom. The van der Waals surface area contributed by atoms with E-state index >= 15 is 0 Å². The second-order valence-electron chi connectivity index (χ2n) is 10.5. The molecule has 0 spiro atoms. The van der Waals surface area contributed by atoms with Gasteiger partial charge in [0.1, 0.15) is 18.1 Å². The van der Waals surface area contributed by atoms with Crippen molar-refractivity contribution >= 4 is 39.1 Å². The van der Waals surface area contributed by atoms with Gasteiger partial charge in [0.15, 0.2) is 0 Å². The zero-order chi connectivity index (χ0) is 29.6. The lowest BCUT2D eigenvalue weighted by Gasteiger charge is -2.34. The number of alkyl halides is 3. The standard InChI is InChI=1S/C27H28F3N5O4S/c1-6-7-14-12-40-18-10-32-9-15(19(14)18)17(8-31)33-23(36)22-20-16(26(20,3)4)11-35(22)24(37)21(13(2)39-5)34-25(38)27(28,29)30/h9-10,12-13,16-17,20-22H,11H2,1-5H3,(H,33,36)(H,34,38)/t13-,16+,17?,20+,21+,22+/m1/s1. The Morgan fingerprint density at radius 1 is 1.27 bits per heavy atom. The summed E-state index contributed by atoms with van der Waals surface area (Å²) in [5.74, 6) is 1.67. The van der Waals surface area contributed by atoms with Crippen molar-refractivity contribution in [3.63, 3.8) is 0 Å². The summed E-state index contributed by atoms with van der Waals surface area (Å²) >= 11 is 1.40. The predicted molar refractivity (Wildman–Crippen MR) is 139 cm³/mol. The van der Waals surface area contributed by atoms with Gasteiger partial charge in [0.25, 0.3) is 0 Å². The third-order valence-electron chi connectivity index (χ3n) is 7.91. The summed E-state index contributed by atoms with van der Waals surface area (Å²) in [5, 5.41) is 17.0. The van der Waals surface area contributed by atoms with Crippen LogP contribution in [0.5, 0.6) is 0 Å². The van der Waals surface area contributed by atoms with Crippen molar-refractivity contribution in [2.45, 2.75) is 58.1 Å². The van der Waals surface area contributed by atoms with Crippen molar-refractivity contribution in [1.82, 2.24) is 20.5 Å². The van der Waals surface area contributed by atoms with E-state index in [1.54, 1.807) is 18.4 Å². The van der Waals surface area contributed by atoms with E-state index in [2.05, 4.69) is 28.2 Å². The Balaban J connectivity index is 1.65. The number of nitrogens with one attached hydrogen (secondary N) is 2. The van der Waals surface area contributed by atoms with Gasteiger partial charge in [0.05, 0.1) is 16.9 Å². The third kappa shape index (κ3) is 5.11. The summed E-state index contributed by atoms with van der Waals surface area (Å²) < 4.78 is 44.9. The van der Waals surface area contributed by atoms with E-state index < -0.39 is 48.1 Å². The number of carbonyl (C=O) groups is 3. The fraction of sp³-hybridized carbons (Fsp3) is 0.519. The Labute approximate surface area is 233 Å². The van der Waals surface area contributed by atoms with E-state index in [9.17, 15) is 32.8 Å². The normalized spacial score (nSPS) is 23.2. The minimum absolute atomic E-state index is 0.0852. The smallest absolute Gasteiger partial charge is 0.379 e. The summed E-state index contributed by atoms with van der Waals surface area (Å²) in [6.45, 7) is 7.03. The molecule has 3 amide bonds. The lowest BCUT2D eigenvalue weighted by atomic mass is 9.98. The summed E-state index contributed by atoms with van der Waals surface area (Å²) in [5.41, 5.74) is 0.822. The number of rotatable bonds is 7. The van der Waals surface area contributed by atoms with E-state index in [0.717, 1.165) is 4.70 Å². The van der Waals surface area contributed by atoms with Crippen molar-refractivity contribution in [3.8, 4) is 17.9 Å². The molecule has 40 heavy (non-hydrogen) atoms. The van der Waals surface area contributed by atoms with Gasteiger partial charge in [-0.15, -0.1) is 17.3 Å². The number of hydrogen-bond donors (Lipinski definition) is 2. The number of methoxy groups -OCH3 is 1. The maximum absolute atomic E-state index is 13.8. The van der Waals surface area contributed by atoms with Gasteiger partial charge in [-0.2, -0.15) is 18.4 Å². The van der Waals surface area contributed by atoms with Crippen molar-refractivity contribution in [3.05, 3.63) is 28.9 Å². The molecule has 13 heteroatoms. The molecule has 1 aliphatic carbocycles. The maximum atomic E-state index is 13.8. The predicted octanol–water partition coefficient (Wildman–Crippen LogP) is 2.91. The van der Waals surface area contributed by atoms with Crippen LogP contribution in [0.25, 0.3) is 10.1 Å². The minimum atomic E-state index is -5.21. The molecule has 2 N–H and O–H groups in total. The summed E-state index contributed by atoms with van der Waals surface area (Å²) in [7, 11) is 1.20. The average Bonchev–Trinajstić information content (AvgIpc) is 3.27. The monoisotopic (exact) mass is 575 g/mol. The first-order valence-electron chi connectivity index (χ1n) is 12.5. The van der Waals surface area contributed by atoms with Crippen molar-refractivity contribution in [1.29, 1.82) is 5.26 Å². The lowest BCUT2D eigenvalue weighted by Crippen LogP contribution is -2.60. The second-order valence-corrected chi connectivity index (χ2v) is 11.4. The fourth-order valence-electron chi connectivity index (χ4n) is 5.60. The lowest BCUT2D eigenvalue weighted by molar-refractivity contribution is -0.176. The number of aromatic nitrogens is 1. The Morgan fingerprint density at radius 3 is 2.58 bits per heavy atom. The quantitative estimate of drug-likeness (QED) is 0.490. The highest BCUT2D eigenvalue weighted by atomic mass is 32.1. The molecule has 212 valence electrons. The van der Waals surface area contributed by atoms with Crippen LogP contribution in [-0.2, 0) is 19.1 Å². The van der Waals surface area contributed by atoms with E-state index in [1.807, 2.05) is 19.2 Å². The highest BCUT2D eigenvalue weighted by molar-refractivity contribution is 7.17. The van der Waals surface area contributed by atoms with Gasteiger partial charge in [-0.3, -0.25) is 19.4 Å². The SMILES string of the molecule is CC#Cc1csc2cncc(C(C#N)NC(=O)[C@@H]3[C@@H]4[C@H](CN3C(=O)[C@@H](NC(=O)C(F)(F)F)[C@@H](C)OC)C4(C)C)c12. The molecular weight excluding hydrogens is 547 g/mol. The number of carbonyl (C=O) groups excluding carboxylic acids is 3. The van der Waals surface area contributed by atoms with E-state index in [0.29, 0.717) is 16.5 Å². The van der Waals surface area contributed by atoms with Gasteiger partial charge in [0, 0.05) is 47.9 Å². The highest BCUT2D eigenvalue weighted by Gasteiger charge is 2.69. The Kier molecular flexibility index (Phi) is 7.85. The molecule has 0 radical (unpaired) electrons. The molecule has 2 aromatic rings. The zero-order valence-corrected chi connectivity index (χ0v) is 23.2. The number of likely N-dealkylation sites (tertiary alicyclic amines) is 1. The first-order chi connectivity index (χ1) is 18.8. The Bertz CT molecular complexity index is 1450. The molecule has 4 rings (SSSR count). The number of ether oxygens (including phenoxy) is 1. The van der Waals surface area contributed by atoms with E-state index in [1.165, 1.54) is 36.5 Å². The molecule has 9 nitrogen and oxygen atoms in total. The molecule has 2 fully saturated rings. The number of pyridine rings is 1. The number of hydrogen-bond acceptors (Lipinski definition) is 7. The molecule has 1 saturated carbocycles. The van der Waals surface area contributed by atoms with E-state index in [-0.39, 0.29) is 23.8 Å². The number of amides is 3. The number of nitrogens with zero attached hydrogens (tertiary/aromatic N) is 3. The summed E-state index contributed by atoms with van der Waals surface area (Å²) in [4.78, 5) is 44.4. The zero-order valence-electron chi connectivity index (χ0n) is 22.4. The van der Waals surface area contributed by atoms with Crippen molar-refractivity contribution in [2.75, 3.05) is 13.7 Å². The maximum Gasteiger partial charge on any atom is 0.471 e. The molecule has 1 aliphatic heterocycles. The van der Waals surface area contributed by atoms with Crippen LogP contribution in [0, 0.1) is 40.4 Å². The third-order valence-corrected chi connectivity index (χ3v) is 8.83. The largest absolute Gasteiger partial charge is 0.471 e. The van der Waals surface area contributed by atoms with Crippen molar-refractivity contribution < 1.29 is 32.3 Å². The van der Waals surface area contributed by atoms with Crippen molar-refractivity contribution in [2.24, 2.45) is 17.3 Å². The van der Waals surface area contributed by atoms with Crippen LogP contribution in [0.2, 0.25) is 0 Å². The van der Waals surface area contributed by atoms with Gasteiger partial charge in [0.2, 0.25) is 11.8 Å². The number of thiophene rings is 1. The molecule has 1 unspecified atom stereocenters. The minimum Gasteiger partial charge on any atom is -0.379 e. The van der Waals surface area contributed by atoms with E-state index in [4.69, 9.17) is 4.74 Å². The molecule has 0 aromatic carbocycles. The topological polar surface area (TPSA) is 124 Å². The number of nitriles is 1. The molecule has 2 aromatic heterocycles. The van der Waals surface area contributed by atoms with Crippen LogP contribution >= 0.6 is 11.3 Å². The molecule has 0 bridgehead atoms. The first kappa shape index (κ1) is 29.3. The molecular formula is C27H28F3N5O4S. The average molecular weight is 576 g/mol. The molecule has 6 atom stereocenters. The van der Waals surface area contributed by atoms with Gasteiger partial charge in [-0.05, 0) is 31.1 Å². The van der Waals surface area contributed by atoms with Gasteiger partial charge in [-0.1, -0.05) is 19.8 Å². The van der Waals surface area contributed by atoms with Gasteiger partial charge < -0.3 is 20.3 Å². The second kappa shape index (κ2) is 10.7. The van der Waals surface area contributed by atoms with Crippen LogP contribution < -0.4 is 10.6 Å². The van der Waals surface area contributed by atoms with Crippen LogP contribution in [0.15, 0.2) is 17.8 Å². The number of fused-ring (bicyclic) bond motifs is 2. The number of halogens is 3. The fourth-order valence-corrected chi connectivity index (χ4v) is 6.49. The summed E-state index contributed by atoms with van der Waals surface area (Å²) in [6.07, 6.45) is -3.20. The molecule has 3 heterocycles. The Hall–Kier alpha value is -3.68. The van der Waals surface area contributed by atoms with Crippen LogP contribution in [-0.4, -0.2) is 65.6 Å².